The molecule has 1 rings (SSSR count). The van der Waals surface area contributed by atoms with Crippen LogP contribution in [-0.2, 0) is 19.8 Å². The van der Waals surface area contributed by atoms with Crippen molar-refractivity contribution < 1.29 is 14.3 Å². The van der Waals surface area contributed by atoms with Gasteiger partial charge in [0.05, 0.1) is 13.7 Å². The highest BCUT2D eigenvalue weighted by atomic mass is 79.9. The minimum atomic E-state index is -0.825. The van der Waals surface area contributed by atoms with Gasteiger partial charge in [0.25, 0.3) is 0 Å². The fourth-order valence-electron chi connectivity index (χ4n) is 2.04. The first-order chi connectivity index (χ1) is 9.10. The molecule has 0 amide bonds. The number of nitrogens with one attached hydrogen (secondary N) is 1. The van der Waals surface area contributed by atoms with Crippen LogP contribution < -0.4 is 5.32 Å². The van der Waals surface area contributed by atoms with E-state index in [1.807, 2.05) is 31.2 Å². The first-order valence-corrected chi connectivity index (χ1v) is 6.98. The van der Waals surface area contributed by atoms with E-state index in [0.717, 1.165) is 10.0 Å². The number of carbonyl (C=O) groups excluding carboxylic acids is 1. The number of esters is 1. The van der Waals surface area contributed by atoms with Crippen molar-refractivity contribution in [3.8, 4) is 0 Å². The number of carbonyl (C=O) groups is 1. The summed E-state index contributed by atoms with van der Waals surface area (Å²) in [5.74, 6) is -0.284. The maximum atomic E-state index is 12.2. The highest BCUT2D eigenvalue weighted by Crippen LogP contribution is 2.27. The Balaban J connectivity index is 3.08. The second-order valence-corrected chi connectivity index (χ2v) is 5.09. The summed E-state index contributed by atoms with van der Waals surface area (Å²) in [6.45, 7) is 3.07. The Labute approximate surface area is 122 Å². The molecule has 4 nitrogen and oxygen atoms in total. The zero-order chi connectivity index (χ0) is 14.3. The van der Waals surface area contributed by atoms with E-state index in [9.17, 15) is 4.79 Å². The lowest BCUT2D eigenvalue weighted by Gasteiger charge is -2.31. The highest BCUT2D eigenvalue weighted by molar-refractivity contribution is 9.10. The van der Waals surface area contributed by atoms with Crippen LogP contribution >= 0.6 is 15.9 Å². The third kappa shape index (κ3) is 3.78. The monoisotopic (exact) mass is 329 g/mol. The molecule has 19 heavy (non-hydrogen) atoms. The fourth-order valence-corrected chi connectivity index (χ4v) is 2.30. The minimum absolute atomic E-state index is 0.284. The molecule has 5 heteroatoms. The molecule has 0 aliphatic rings. The molecule has 0 radical (unpaired) electrons. The Hall–Kier alpha value is -0.910. The molecule has 0 heterocycles. The van der Waals surface area contributed by atoms with Crippen LogP contribution in [0.2, 0.25) is 0 Å². The van der Waals surface area contributed by atoms with Crippen LogP contribution in [0.5, 0.6) is 0 Å². The standard InChI is InChI=1S/C14H20BrNO3/c1-4-14(13(17)19-3,16-9-10-18-2)11-5-7-12(15)8-6-11/h5-8,16H,4,9-10H2,1-3H3. The SMILES string of the molecule is CCC(NCCOC)(C(=O)OC)c1ccc(Br)cc1. The van der Waals surface area contributed by atoms with Gasteiger partial charge in [-0.3, -0.25) is 5.32 Å². The molecule has 106 valence electrons. The van der Waals surface area contributed by atoms with Gasteiger partial charge in [0.1, 0.15) is 5.54 Å². The number of hydrogen-bond donors (Lipinski definition) is 1. The van der Waals surface area contributed by atoms with Crippen LogP contribution in [0.15, 0.2) is 28.7 Å². The topological polar surface area (TPSA) is 47.6 Å². The van der Waals surface area contributed by atoms with Gasteiger partial charge < -0.3 is 9.47 Å². The average Bonchev–Trinajstić information content (AvgIpc) is 2.44. The van der Waals surface area contributed by atoms with E-state index in [-0.39, 0.29) is 5.97 Å². The van der Waals surface area contributed by atoms with Crippen molar-refractivity contribution in [3.05, 3.63) is 34.3 Å². The molecule has 0 saturated heterocycles. The Kier molecular flexibility index (Phi) is 6.48. The van der Waals surface area contributed by atoms with E-state index >= 15 is 0 Å². The molecular formula is C14H20BrNO3. The van der Waals surface area contributed by atoms with Crippen LogP contribution in [-0.4, -0.2) is 33.3 Å². The van der Waals surface area contributed by atoms with Crippen LogP contribution in [0.4, 0.5) is 0 Å². The average molecular weight is 330 g/mol. The summed E-state index contributed by atoms with van der Waals surface area (Å²) < 4.78 is 11.0. The van der Waals surface area contributed by atoms with Crippen molar-refractivity contribution in [3.63, 3.8) is 0 Å². The molecule has 0 aliphatic carbocycles. The number of hydrogen-bond acceptors (Lipinski definition) is 4. The summed E-state index contributed by atoms with van der Waals surface area (Å²) in [5, 5.41) is 3.26. The normalized spacial score (nSPS) is 13.9. The second kappa shape index (κ2) is 7.62. The van der Waals surface area contributed by atoms with Crippen LogP contribution in [0.3, 0.4) is 0 Å². The van der Waals surface area contributed by atoms with Gasteiger partial charge in [-0.2, -0.15) is 0 Å². The van der Waals surface area contributed by atoms with Crippen LogP contribution in [0, 0.1) is 0 Å². The number of halogens is 1. The van der Waals surface area contributed by atoms with Crippen molar-refractivity contribution in [2.45, 2.75) is 18.9 Å². The molecule has 1 aromatic rings. The molecule has 1 aromatic carbocycles. The predicted octanol–water partition coefficient (Wildman–Crippen LogP) is 2.46. The van der Waals surface area contributed by atoms with E-state index < -0.39 is 5.54 Å². The maximum Gasteiger partial charge on any atom is 0.330 e. The summed E-state index contributed by atoms with van der Waals surface area (Å²) in [6, 6.07) is 7.68. The molecule has 1 unspecified atom stereocenters. The predicted molar refractivity (Wildman–Crippen MR) is 78.0 cm³/mol. The number of rotatable bonds is 7. The smallest absolute Gasteiger partial charge is 0.330 e. The van der Waals surface area contributed by atoms with Gasteiger partial charge in [0.2, 0.25) is 0 Å². The fraction of sp³-hybridized carbons (Fsp3) is 0.500. The van der Waals surface area contributed by atoms with Gasteiger partial charge in [-0.05, 0) is 24.1 Å². The zero-order valence-corrected chi connectivity index (χ0v) is 13.1. The lowest BCUT2D eigenvalue weighted by molar-refractivity contribution is -0.149. The molecule has 0 aromatic heterocycles. The summed E-state index contributed by atoms with van der Waals surface area (Å²) in [7, 11) is 3.04. The molecular weight excluding hydrogens is 310 g/mol. The highest BCUT2D eigenvalue weighted by Gasteiger charge is 2.39. The quantitative estimate of drug-likeness (QED) is 0.616. The van der Waals surface area contributed by atoms with E-state index in [2.05, 4.69) is 21.2 Å². The van der Waals surface area contributed by atoms with Crippen molar-refractivity contribution >= 4 is 21.9 Å². The second-order valence-electron chi connectivity index (χ2n) is 4.18. The first kappa shape index (κ1) is 16.1. The Morgan fingerprint density at radius 3 is 2.42 bits per heavy atom. The minimum Gasteiger partial charge on any atom is -0.467 e. The van der Waals surface area contributed by atoms with Gasteiger partial charge in [-0.25, -0.2) is 4.79 Å². The number of methoxy groups -OCH3 is 2. The number of benzene rings is 1. The van der Waals surface area contributed by atoms with Gasteiger partial charge in [0, 0.05) is 18.1 Å². The zero-order valence-electron chi connectivity index (χ0n) is 11.5. The van der Waals surface area contributed by atoms with Crippen molar-refractivity contribution in [1.82, 2.24) is 5.32 Å². The van der Waals surface area contributed by atoms with Crippen LogP contribution in [0.1, 0.15) is 18.9 Å². The maximum absolute atomic E-state index is 12.2. The summed E-state index contributed by atoms with van der Waals surface area (Å²) in [5.41, 5.74) is 0.0645. The van der Waals surface area contributed by atoms with Crippen molar-refractivity contribution in [1.29, 1.82) is 0 Å². The lowest BCUT2D eigenvalue weighted by atomic mass is 9.87. The Morgan fingerprint density at radius 2 is 1.95 bits per heavy atom. The summed E-state index contributed by atoms with van der Waals surface area (Å²) in [6.07, 6.45) is 0.602. The Bertz CT molecular complexity index is 408. The Morgan fingerprint density at radius 1 is 1.32 bits per heavy atom. The molecule has 1 atom stereocenters. The third-order valence-electron chi connectivity index (χ3n) is 3.13. The molecule has 0 fully saturated rings. The largest absolute Gasteiger partial charge is 0.467 e. The van der Waals surface area contributed by atoms with Crippen LogP contribution in [0.25, 0.3) is 0 Å². The van der Waals surface area contributed by atoms with Gasteiger partial charge in [0.15, 0.2) is 0 Å². The summed E-state index contributed by atoms with van der Waals surface area (Å²) in [4.78, 5) is 12.2. The van der Waals surface area contributed by atoms with E-state index in [0.29, 0.717) is 19.6 Å². The molecule has 1 N–H and O–H groups in total. The van der Waals surface area contributed by atoms with Gasteiger partial charge in [-0.1, -0.05) is 35.0 Å². The third-order valence-corrected chi connectivity index (χ3v) is 3.66. The van der Waals surface area contributed by atoms with E-state index in [4.69, 9.17) is 9.47 Å². The molecule has 0 spiro atoms. The van der Waals surface area contributed by atoms with Crippen molar-refractivity contribution in [2.75, 3.05) is 27.4 Å². The van der Waals surface area contributed by atoms with E-state index in [1.54, 1.807) is 7.11 Å². The van der Waals surface area contributed by atoms with Gasteiger partial charge >= 0.3 is 5.97 Å². The van der Waals surface area contributed by atoms with Gasteiger partial charge in [-0.15, -0.1) is 0 Å². The van der Waals surface area contributed by atoms with E-state index in [1.165, 1.54) is 7.11 Å². The molecule has 0 bridgehead atoms. The summed E-state index contributed by atoms with van der Waals surface area (Å²) >= 11 is 3.40. The molecule has 0 saturated carbocycles. The first-order valence-electron chi connectivity index (χ1n) is 6.19. The lowest BCUT2D eigenvalue weighted by Crippen LogP contribution is -2.50. The van der Waals surface area contributed by atoms with Crippen molar-refractivity contribution in [2.24, 2.45) is 0 Å². The number of ether oxygens (including phenoxy) is 2. The molecule has 0 aliphatic heterocycles.